The molecular formula is C27H33N3O3. The highest BCUT2D eigenvalue weighted by Gasteiger charge is 2.21. The van der Waals surface area contributed by atoms with E-state index in [0.29, 0.717) is 31.7 Å². The van der Waals surface area contributed by atoms with Crippen LogP contribution in [0.5, 0.6) is 0 Å². The molecule has 1 N–H and O–H groups in total. The van der Waals surface area contributed by atoms with E-state index in [9.17, 15) is 4.79 Å². The van der Waals surface area contributed by atoms with Crippen molar-refractivity contribution in [2.24, 2.45) is 0 Å². The predicted molar refractivity (Wildman–Crippen MR) is 128 cm³/mol. The molecule has 33 heavy (non-hydrogen) atoms. The number of aromatic nitrogens is 1. The van der Waals surface area contributed by atoms with Crippen LogP contribution < -0.4 is 5.32 Å². The van der Waals surface area contributed by atoms with E-state index in [4.69, 9.17) is 9.15 Å². The van der Waals surface area contributed by atoms with Crippen molar-refractivity contribution in [2.45, 2.75) is 58.4 Å². The van der Waals surface area contributed by atoms with E-state index < -0.39 is 0 Å². The van der Waals surface area contributed by atoms with Crippen molar-refractivity contribution in [3.8, 4) is 11.3 Å². The lowest BCUT2D eigenvalue weighted by atomic mass is 10.1. The van der Waals surface area contributed by atoms with E-state index in [-0.39, 0.29) is 18.1 Å². The molecule has 3 aromatic rings. The lowest BCUT2D eigenvalue weighted by molar-refractivity contribution is -0.121. The molecule has 0 aliphatic carbocycles. The first-order valence-corrected chi connectivity index (χ1v) is 11.8. The molecule has 6 nitrogen and oxygen atoms in total. The SMILES string of the molecule is CC1CN(Cc2ccc(CNC(=O)CCCc3ncc(-c4ccccc4)o3)cc2)CC(C)O1. The number of hydrogen-bond donors (Lipinski definition) is 1. The Morgan fingerprint density at radius 2 is 1.73 bits per heavy atom. The molecule has 174 valence electrons. The van der Waals surface area contributed by atoms with Crippen molar-refractivity contribution in [3.63, 3.8) is 0 Å². The summed E-state index contributed by atoms with van der Waals surface area (Å²) >= 11 is 0. The van der Waals surface area contributed by atoms with Crippen molar-refractivity contribution in [3.05, 3.63) is 77.8 Å². The van der Waals surface area contributed by atoms with Gasteiger partial charge in [-0.3, -0.25) is 9.69 Å². The third kappa shape index (κ3) is 7.01. The van der Waals surface area contributed by atoms with Crippen LogP contribution in [0.3, 0.4) is 0 Å². The van der Waals surface area contributed by atoms with Gasteiger partial charge < -0.3 is 14.5 Å². The molecule has 2 heterocycles. The normalized spacial score (nSPS) is 18.8. The Kier molecular flexibility index (Phi) is 7.92. The maximum Gasteiger partial charge on any atom is 0.220 e. The molecule has 1 amide bonds. The van der Waals surface area contributed by atoms with Crippen molar-refractivity contribution in [1.29, 1.82) is 0 Å². The standard InChI is InChI=1S/C27H33N3O3/c1-20-17-30(18-21(2)32-20)19-23-13-11-22(12-14-23)15-28-26(31)9-6-10-27-29-16-25(33-27)24-7-4-3-5-8-24/h3-5,7-8,11-14,16,20-21H,6,9-10,15,17-19H2,1-2H3,(H,28,31). The van der Waals surface area contributed by atoms with Crippen LogP contribution in [0.1, 0.15) is 43.7 Å². The summed E-state index contributed by atoms with van der Waals surface area (Å²) in [6, 6.07) is 18.4. The smallest absolute Gasteiger partial charge is 0.220 e. The van der Waals surface area contributed by atoms with Crippen molar-refractivity contribution in [2.75, 3.05) is 13.1 Å². The molecule has 2 atom stereocenters. The number of amides is 1. The van der Waals surface area contributed by atoms with Gasteiger partial charge in [-0.1, -0.05) is 54.6 Å². The number of aryl methyl sites for hydroxylation is 1. The van der Waals surface area contributed by atoms with Gasteiger partial charge in [0.05, 0.1) is 18.4 Å². The summed E-state index contributed by atoms with van der Waals surface area (Å²) < 4.78 is 11.6. The molecule has 0 spiro atoms. The van der Waals surface area contributed by atoms with Crippen LogP contribution >= 0.6 is 0 Å². The largest absolute Gasteiger partial charge is 0.441 e. The minimum absolute atomic E-state index is 0.0465. The molecule has 1 aliphatic heterocycles. The Hall–Kier alpha value is -2.96. The number of hydrogen-bond acceptors (Lipinski definition) is 5. The quantitative estimate of drug-likeness (QED) is 0.520. The van der Waals surface area contributed by atoms with Crippen LogP contribution in [-0.2, 0) is 29.0 Å². The van der Waals surface area contributed by atoms with E-state index in [2.05, 4.69) is 53.3 Å². The third-order valence-corrected chi connectivity index (χ3v) is 5.82. The highest BCUT2D eigenvalue weighted by atomic mass is 16.5. The van der Waals surface area contributed by atoms with Crippen molar-refractivity contribution >= 4 is 5.91 Å². The first-order valence-electron chi connectivity index (χ1n) is 11.8. The van der Waals surface area contributed by atoms with Gasteiger partial charge in [0.25, 0.3) is 0 Å². The number of carbonyl (C=O) groups is 1. The first kappa shape index (κ1) is 23.2. The highest BCUT2D eigenvalue weighted by Crippen LogP contribution is 2.20. The zero-order chi connectivity index (χ0) is 23.0. The average Bonchev–Trinajstić information content (AvgIpc) is 3.27. The zero-order valence-electron chi connectivity index (χ0n) is 19.5. The van der Waals surface area contributed by atoms with Gasteiger partial charge >= 0.3 is 0 Å². The fraction of sp³-hybridized carbons (Fsp3) is 0.407. The average molecular weight is 448 g/mol. The lowest BCUT2D eigenvalue weighted by Gasteiger charge is -2.35. The summed E-state index contributed by atoms with van der Waals surface area (Å²) in [5.74, 6) is 1.47. The summed E-state index contributed by atoms with van der Waals surface area (Å²) in [7, 11) is 0. The Bertz CT molecular complexity index is 1010. The number of nitrogens with zero attached hydrogens (tertiary/aromatic N) is 2. The number of oxazole rings is 1. The molecule has 6 heteroatoms. The Morgan fingerprint density at radius 3 is 2.45 bits per heavy atom. The minimum atomic E-state index is 0.0465. The van der Waals surface area contributed by atoms with E-state index >= 15 is 0 Å². The van der Waals surface area contributed by atoms with Gasteiger partial charge in [0.15, 0.2) is 11.7 Å². The molecule has 2 aromatic carbocycles. The maximum absolute atomic E-state index is 12.2. The second kappa shape index (κ2) is 11.3. The maximum atomic E-state index is 12.2. The topological polar surface area (TPSA) is 67.6 Å². The Balaban J connectivity index is 1.16. The van der Waals surface area contributed by atoms with Crippen LogP contribution in [0.15, 0.2) is 65.2 Å². The van der Waals surface area contributed by atoms with E-state index in [0.717, 1.165) is 36.5 Å². The summed E-state index contributed by atoms with van der Waals surface area (Å²) in [6.07, 6.45) is 4.10. The molecule has 1 aliphatic rings. The zero-order valence-corrected chi connectivity index (χ0v) is 19.5. The van der Waals surface area contributed by atoms with Crippen LogP contribution in [0, 0.1) is 0 Å². The summed E-state index contributed by atoms with van der Waals surface area (Å²) in [6.45, 7) is 7.65. The van der Waals surface area contributed by atoms with Gasteiger partial charge in [-0.05, 0) is 31.4 Å². The molecule has 2 unspecified atom stereocenters. The molecule has 0 bridgehead atoms. The minimum Gasteiger partial charge on any atom is -0.441 e. The first-order chi connectivity index (χ1) is 16.0. The third-order valence-electron chi connectivity index (χ3n) is 5.82. The molecule has 1 aromatic heterocycles. The monoisotopic (exact) mass is 447 g/mol. The molecule has 1 fully saturated rings. The second-order valence-electron chi connectivity index (χ2n) is 8.88. The Labute approximate surface area is 196 Å². The number of benzene rings is 2. The summed E-state index contributed by atoms with van der Waals surface area (Å²) in [4.78, 5) is 19.0. The molecular weight excluding hydrogens is 414 g/mol. The van der Waals surface area contributed by atoms with E-state index in [1.165, 1.54) is 5.56 Å². The van der Waals surface area contributed by atoms with Crippen molar-refractivity contribution in [1.82, 2.24) is 15.2 Å². The van der Waals surface area contributed by atoms with Crippen LogP contribution in [-0.4, -0.2) is 41.1 Å². The van der Waals surface area contributed by atoms with E-state index in [1.807, 2.05) is 30.3 Å². The summed E-state index contributed by atoms with van der Waals surface area (Å²) in [5.41, 5.74) is 3.40. The van der Waals surface area contributed by atoms with Gasteiger partial charge in [-0.2, -0.15) is 0 Å². The van der Waals surface area contributed by atoms with Crippen LogP contribution in [0.2, 0.25) is 0 Å². The van der Waals surface area contributed by atoms with Crippen LogP contribution in [0.25, 0.3) is 11.3 Å². The van der Waals surface area contributed by atoms with Gasteiger partial charge in [-0.15, -0.1) is 0 Å². The summed E-state index contributed by atoms with van der Waals surface area (Å²) in [5, 5.41) is 3.01. The lowest BCUT2D eigenvalue weighted by Crippen LogP contribution is -2.44. The fourth-order valence-electron chi connectivity index (χ4n) is 4.29. The van der Waals surface area contributed by atoms with Gasteiger partial charge in [0.2, 0.25) is 5.91 Å². The number of nitrogens with one attached hydrogen (secondary N) is 1. The number of morpholine rings is 1. The van der Waals surface area contributed by atoms with Crippen molar-refractivity contribution < 1.29 is 13.9 Å². The predicted octanol–water partition coefficient (Wildman–Crippen LogP) is 4.59. The molecule has 0 radical (unpaired) electrons. The fourth-order valence-corrected chi connectivity index (χ4v) is 4.29. The van der Waals surface area contributed by atoms with E-state index in [1.54, 1.807) is 6.20 Å². The number of ether oxygens (including phenoxy) is 1. The molecule has 4 rings (SSSR count). The molecule has 0 saturated carbocycles. The Morgan fingerprint density at radius 1 is 1.03 bits per heavy atom. The van der Waals surface area contributed by atoms with Gasteiger partial charge in [-0.25, -0.2) is 4.98 Å². The van der Waals surface area contributed by atoms with Gasteiger partial charge in [0.1, 0.15) is 0 Å². The number of rotatable bonds is 9. The second-order valence-corrected chi connectivity index (χ2v) is 8.88. The molecule has 1 saturated heterocycles. The highest BCUT2D eigenvalue weighted by molar-refractivity contribution is 5.75. The van der Waals surface area contributed by atoms with Gasteiger partial charge in [0, 0.05) is 44.6 Å². The number of carbonyl (C=O) groups excluding carboxylic acids is 1. The van der Waals surface area contributed by atoms with Crippen LogP contribution in [0.4, 0.5) is 0 Å².